The maximum Gasteiger partial charge on any atom is 0.309 e. The zero-order valence-electron chi connectivity index (χ0n) is 9.58. The van der Waals surface area contributed by atoms with E-state index in [2.05, 4.69) is 11.0 Å². The van der Waals surface area contributed by atoms with Crippen LogP contribution in [0.2, 0.25) is 0 Å². The zero-order chi connectivity index (χ0) is 10.9. The number of rotatable bonds is 5. The molecule has 0 saturated carbocycles. The normalized spacial score (nSPS) is 18.2. The van der Waals surface area contributed by atoms with Crippen LogP contribution >= 0.6 is 0 Å². The summed E-state index contributed by atoms with van der Waals surface area (Å²) in [5, 5.41) is 0. The van der Waals surface area contributed by atoms with Crippen molar-refractivity contribution in [1.29, 1.82) is 0 Å². The van der Waals surface area contributed by atoms with Gasteiger partial charge in [-0.3, -0.25) is 9.69 Å². The van der Waals surface area contributed by atoms with Crippen LogP contribution < -0.4 is 0 Å². The molecule has 0 spiro atoms. The summed E-state index contributed by atoms with van der Waals surface area (Å²) in [6, 6.07) is 0. The Balaban J connectivity index is 2.07. The average molecular weight is 211 g/mol. The molecule has 1 heterocycles. The van der Waals surface area contributed by atoms with E-state index in [-0.39, 0.29) is 5.97 Å². The topological polar surface area (TPSA) is 29.5 Å². The molecule has 15 heavy (non-hydrogen) atoms. The highest BCUT2D eigenvalue weighted by Crippen LogP contribution is 2.07. The second-order valence-corrected chi connectivity index (χ2v) is 3.84. The van der Waals surface area contributed by atoms with Crippen molar-refractivity contribution < 1.29 is 9.53 Å². The maximum absolute atomic E-state index is 11.0. The van der Waals surface area contributed by atoms with E-state index in [1.54, 1.807) is 0 Å². The Hall–Kier alpha value is -0.830. The van der Waals surface area contributed by atoms with Crippen molar-refractivity contribution in [3.05, 3.63) is 12.2 Å². The molecule has 0 aromatic carbocycles. The van der Waals surface area contributed by atoms with Gasteiger partial charge >= 0.3 is 5.97 Å². The van der Waals surface area contributed by atoms with Gasteiger partial charge < -0.3 is 4.74 Å². The van der Waals surface area contributed by atoms with Gasteiger partial charge in [0.25, 0.3) is 0 Å². The largest absolute Gasteiger partial charge is 0.466 e. The lowest BCUT2D eigenvalue weighted by Gasteiger charge is -2.24. The van der Waals surface area contributed by atoms with Crippen molar-refractivity contribution in [3.8, 4) is 0 Å². The number of ether oxygens (including phenoxy) is 1. The van der Waals surface area contributed by atoms with Crippen molar-refractivity contribution in [3.63, 3.8) is 0 Å². The van der Waals surface area contributed by atoms with E-state index in [0.29, 0.717) is 13.0 Å². The van der Waals surface area contributed by atoms with Gasteiger partial charge in [-0.15, -0.1) is 0 Å². The summed E-state index contributed by atoms with van der Waals surface area (Å²) < 4.78 is 4.83. The van der Waals surface area contributed by atoms with E-state index in [9.17, 15) is 4.79 Å². The fourth-order valence-electron chi connectivity index (χ4n) is 1.77. The molecule has 0 atom stereocenters. The van der Waals surface area contributed by atoms with Crippen LogP contribution in [0.3, 0.4) is 0 Å². The molecule has 0 unspecified atom stereocenters. The number of carbonyl (C=O) groups excluding carboxylic acids is 1. The molecular formula is C12H21NO2. The van der Waals surface area contributed by atoms with Crippen molar-refractivity contribution in [2.24, 2.45) is 0 Å². The highest BCUT2D eigenvalue weighted by atomic mass is 16.5. The first kappa shape index (κ1) is 12.2. The van der Waals surface area contributed by atoms with Crippen LogP contribution in [0.5, 0.6) is 0 Å². The van der Waals surface area contributed by atoms with Crippen LogP contribution in [-0.4, -0.2) is 37.1 Å². The van der Waals surface area contributed by atoms with Crippen LogP contribution in [0.25, 0.3) is 0 Å². The van der Waals surface area contributed by atoms with Gasteiger partial charge in [-0.25, -0.2) is 0 Å². The van der Waals surface area contributed by atoms with Crippen LogP contribution in [0.1, 0.15) is 32.6 Å². The first-order chi connectivity index (χ1) is 7.33. The van der Waals surface area contributed by atoms with Crippen molar-refractivity contribution in [2.75, 3.05) is 26.2 Å². The smallest absolute Gasteiger partial charge is 0.309 e. The van der Waals surface area contributed by atoms with Gasteiger partial charge in [0.2, 0.25) is 0 Å². The van der Waals surface area contributed by atoms with E-state index >= 15 is 0 Å². The summed E-state index contributed by atoms with van der Waals surface area (Å²) in [5.74, 6) is -0.132. The van der Waals surface area contributed by atoms with Crippen molar-refractivity contribution in [1.82, 2.24) is 4.90 Å². The number of carbonyl (C=O) groups is 1. The molecule has 86 valence electrons. The van der Waals surface area contributed by atoms with Crippen LogP contribution in [-0.2, 0) is 9.53 Å². The van der Waals surface area contributed by atoms with Crippen LogP contribution in [0, 0.1) is 0 Å². The summed E-state index contributed by atoms with van der Waals surface area (Å²) in [4.78, 5) is 13.4. The van der Waals surface area contributed by atoms with E-state index < -0.39 is 0 Å². The minimum absolute atomic E-state index is 0.132. The first-order valence-corrected chi connectivity index (χ1v) is 5.86. The molecule has 0 bridgehead atoms. The standard InChI is InChI=1S/C12H21NO2/c1-2-15-12(14)8-4-7-11-13-9-5-3-6-10-13/h4,7H,2-3,5-6,8-11H2,1H3/b7-4-. The second kappa shape index (κ2) is 7.46. The van der Waals surface area contributed by atoms with Gasteiger partial charge in [0, 0.05) is 6.54 Å². The fraction of sp³-hybridized carbons (Fsp3) is 0.750. The van der Waals surface area contributed by atoms with Gasteiger partial charge in [-0.05, 0) is 32.9 Å². The van der Waals surface area contributed by atoms with E-state index in [1.165, 1.54) is 32.4 Å². The molecule has 0 amide bonds. The lowest BCUT2D eigenvalue weighted by Crippen LogP contribution is -2.29. The molecule has 1 aliphatic heterocycles. The van der Waals surface area contributed by atoms with Gasteiger partial charge in [0.15, 0.2) is 0 Å². The summed E-state index contributed by atoms with van der Waals surface area (Å²) in [6.07, 6.45) is 8.37. The Morgan fingerprint density at radius 3 is 2.67 bits per heavy atom. The molecular weight excluding hydrogens is 190 g/mol. The molecule has 3 nitrogen and oxygen atoms in total. The molecule has 1 aliphatic rings. The van der Waals surface area contributed by atoms with E-state index in [4.69, 9.17) is 4.74 Å². The Morgan fingerprint density at radius 2 is 2.00 bits per heavy atom. The van der Waals surface area contributed by atoms with E-state index in [0.717, 1.165) is 6.54 Å². The number of hydrogen-bond acceptors (Lipinski definition) is 3. The molecule has 1 saturated heterocycles. The molecule has 1 fully saturated rings. The zero-order valence-corrected chi connectivity index (χ0v) is 9.58. The summed E-state index contributed by atoms with van der Waals surface area (Å²) in [5.41, 5.74) is 0. The lowest BCUT2D eigenvalue weighted by atomic mass is 10.1. The number of likely N-dealkylation sites (tertiary alicyclic amines) is 1. The molecule has 3 heteroatoms. The number of esters is 1. The molecule has 0 aliphatic carbocycles. The summed E-state index contributed by atoms with van der Waals surface area (Å²) in [6.45, 7) is 5.67. The lowest BCUT2D eigenvalue weighted by molar-refractivity contribution is -0.142. The average Bonchev–Trinajstić information content (AvgIpc) is 2.26. The number of piperidine rings is 1. The Kier molecular flexibility index (Phi) is 6.09. The van der Waals surface area contributed by atoms with Gasteiger partial charge in [-0.1, -0.05) is 18.6 Å². The molecule has 1 rings (SSSR count). The highest BCUT2D eigenvalue weighted by Gasteiger charge is 2.07. The van der Waals surface area contributed by atoms with E-state index in [1.807, 2.05) is 13.0 Å². The van der Waals surface area contributed by atoms with Crippen LogP contribution in [0.15, 0.2) is 12.2 Å². The molecule has 0 aromatic rings. The maximum atomic E-state index is 11.0. The SMILES string of the molecule is CCOC(=O)C/C=C\CN1CCCCC1. The summed E-state index contributed by atoms with van der Waals surface area (Å²) >= 11 is 0. The van der Waals surface area contributed by atoms with Gasteiger partial charge in [-0.2, -0.15) is 0 Å². The fourth-order valence-corrected chi connectivity index (χ4v) is 1.77. The minimum atomic E-state index is -0.132. The molecule has 0 N–H and O–H groups in total. The third-order valence-corrected chi connectivity index (χ3v) is 2.57. The van der Waals surface area contributed by atoms with Crippen LogP contribution in [0.4, 0.5) is 0 Å². The second-order valence-electron chi connectivity index (χ2n) is 3.84. The third-order valence-electron chi connectivity index (χ3n) is 2.57. The first-order valence-electron chi connectivity index (χ1n) is 5.86. The van der Waals surface area contributed by atoms with Gasteiger partial charge in [0.05, 0.1) is 13.0 Å². The Bertz CT molecular complexity index is 208. The quantitative estimate of drug-likeness (QED) is 0.514. The number of nitrogens with zero attached hydrogens (tertiary/aromatic N) is 1. The Morgan fingerprint density at radius 1 is 1.27 bits per heavy atom. The monoisotopic (exact) mass is 211 g/mol. The van der Waals surface area contributed by atoms with Crippen molar-refractivity contribution in [2.45, 2.75) is 32.6 Å². The summed E-state index contributed by atoms with van der Waals surface area (Å²) in [7, 11) is 0. The van der Waals surface area contributed by atoms with Gasteiger partial charge in [0.1, 0.15) is 0 Å². The number of hydrogen-bond donors (Lipinski definition) is 0. The highest BCUT2D eigenvalue weighted by molar-refractivity contribution is 5.71. The molecule has 0 radical (unpaired) electrons. The van der Waals surface area contributed by atoms with Crippen molar-refractivity contribution >= 4 is 5.97 Å². The minimum Gasteiger partial charge on any atom is -0.466 e. The Labute approximate surface area is 92.1 Å². The predicted molar refractivity (Wildman–Crippen MR) is 60.7 cm³/mol. The third kappa shape index (κ3) is 5.57. The predicted octanol–water partition coefficient (Wildman–Crippen LogP) is 1.98. The molecule has 0 aromatic heterocycles.